The van der Waals surface area contributed by atoms with E-state index in [2.05, 4.69) is 34.1 Å². The summed E-state index contributed by atoms with van der Waals surface area (Å²) >= 11 is 0. The van der Waals surface area contributed by atoms with E-state index in [-0.39, 0.29) is 5.91 Å². The maximum atomic E-state index is 12.8. The molecular weight excluding hydrogens is 286 g/mol. The van der Waals surface area contributed by atoms with Crippen LogP contribution in [0.1, 0.15) is 22.5 Å². The number of nitrogens with one attached hydrogen (secondary N) is 1. The van der Waals surface area contributed by atoms with Crippen LogP contribution in [0.25, 0.3) is 0 Å². The number of hydrogen-bond donors (Lipinski definition) is 1. The second kappa shape index (κ2) is 7.47. The minimum Gasteiger partial charge on any atom is -0.343 e. The van der Waals surface area contributed by atoms with Crippen LogP contribution in [-0.4, -0.2) is 42.1 Å². The Morgan fingerprint density at radius 2 is 2.04 bits per heavy atom. The summed E-state index contributed by atoms with van der Waals surface area (Å²) in [6.45, 7) is 3.56. The van der Waals surface area contributed by atoms with Gasteiger partial charge in [0.1, 0.15) is 5.69 Å². The van der Waals surface area contributed by atoms with Crippen molar-refractivity contribution in [2.75, 3.05) is 26.7 Å². The molecule has 1 aromatic heterocycles. The number of rotatable bonds is 6. The molecule has 1 N–H and O–H groups in total. The van der Waals surface area contributed by atoms with Crippen LogP contribution in [0.15, 0.2) is 48.7 Å². The van der Waals surface area contributed by atoms with E-state index in [1.54, 1.807) is 0 Å². The number of aromatic nitrogens is 1. The molecule has 1 aliphatic rings. The van der Waals surface area contributed by atoms with E-state index in [4.69, 9.17) is 0 Å². The van der Waals surface area contributed by atoms with Gasteiger partial charge in [-0.15, -0.1) is 0 Å². The van der Waals surface area contributed by atoms with Crippen LogP contribution in [0, 0.1) is 5.92 Å². The first-order chi connectivity index (χ1) is 11.3. The number of amides is 1. The lowest BCUT2D eigenvalue weighted by Crippen LogP contribution is -2.31. The molecule has 0 aliphatic carbocycles. The van der Waals surface area contributed by atoms with Gasteiger partial charge in [-0.3, -0.25) is 4.79 Å². The Balaban J connectivity index is 1.63. The van der Waals surface area contributed by atoms with E-state index in [1.807, 2.05) is 36.3 Å². The predicted octanol–water partition coefficient (Wildman–Crippen LogP) is 2.41. The molecule has 1 aliphatic heterocycles. The van der Waals surface area contributed by atoms with Crippen molar-refractivity contribution in [2.45, 2.75) is 19.4 Å². The molecule has 4 nitrogen and oxygen atoms in total. The Morgan fingerprint density at radius 1 is 1.22 bits per heavy atom. The van der Waals surface area contributed by atoms with Crippen LogP contribution < -0.4 is 5.32 Å². The fraction of sp³-hybridized carbons (Fsp3) is 0.421. The zero-order valence-corrected chi connectivity index (χ0v) is 13.7. The van der Waals surface area contributed by atoms with Crippen LogP contribution in [0.2, 0.25) is 0 Å². The maximum absolute atomic E-state index is 12.8. The van der Waals surface area contributed by atoms with Gasteiger partial charge in [0.15, 0.2) is 0 Å². The maximum Gasteiger partial charge on any atom is 0.270 e. The Kier molecular flexibility index (Phi) is 5.13. The highest BCUT2D eigenvalue weighted by molar-refractivity contribution is 5.93. The summed E-state index contributed by atoms with van der Waals surface area (Å²) < 4.78 is 2.08. The van der Waals surface area contributed by atoms with Crippen molar-refractivity contribution in [1.82, 2.24) is 14.8 Å². The van der Waals surface area contributed by atoms with Crippen molar-refractivity contribution in [3.05, 3.63) is 59.9 Å². The van der Waals surface area contributed by atoms with Gasteiger partial charge in [0.2, 0.25) is 0 Å². The van der Waals surface area contributed by atoms with Crippen molar-refractivity contribution in [2.24, 2.45) is 5.92 Å². The summed E-state index contributed by atoms with van der Waals surface area (Å²) in [5.74, 6) is 0.748. The lowest BCUT2D eigenvalue weighted by Gasteiger charge is -2.18. The molecule has 1 aromatic carbocycles. The van der Waals surface area contributed by atoms with Crippen molar-refractivity contribution in [1.29, 1.82) is 0 Å². The minimum absolute atomic E-state index is 0.168. The van der Waals surface area contributed by atoms with E-state index in [0.717, 1.165) is 44.7 Å². The second-order valence-electron chi connectivity index (χ2n) is 6.29. The third kappa shape index (κ3) is 3.82. The Bertz CT molecular complexity index is 635. The van der Waals surface area contributed by atoms with Gasteiger partial charge < -0.3 is 14.8 Å². The molecule has 0 radical (unpaired) electrons. The van der Waals surface area contributed by atoms with E-state index in [0.29, 0.717) is 5.92 Å². The highest BCUT2D eigenvalue weighted by Gasteiger charge is 2.27. The third-order valence-electron chi connectivity index (χ3n) is 4.60. The molecule has 1 fully saturated rings. The highest BCUT2D eigenvalue weighted by atomic mass is 16.2. The van der Waals surface area contributed by atoms with E-state index < -0.39 is 0 Å². The molecule has 1 atom stereocenters. The van der Waals surface area contributed by atoms with Crippen molar-refractivity contribution in [3.8, 4) is 0 Å². The third-order valence-corrected chi connectivity index (χ3v) is 4.60. The number of aryl methyl sites for hydroxylation is 2. The second-order valence-corrected chi connectivity index (χ2v) is 6.29. The van der Waals surface area contributed by atoms with Crippen LogP contribution in [0.4, 0.5) is 0 Å². The molecule has 23 heavy (non-hydrogen) atoms. The fourth-order valence-electron chi connectivity index (χ4n) is 3.33. The van der Waals surface area contributed by atoms with Gasteiger partial charge in [0.25, 0.3) is 5.91 Å². The van der Waals surface area contributed by atoms with Crippen molar-refractivity contribution < 1.29 is 4.79 Å². The first-order valence-electron chi connectivity index (χ1n) is 8.41. The summed E-state index contributed by atoms with van der Waals surface area (Å²) in [7, 11) is 1.97. The standard InChI is InChI=1S/C19H25N3O/c1-20-14-17-10-13-22(15-17)19(23)18-8-5-11-21(18)12-9-16-6-3-2-4-7-16/h2-8,11,17,20H,9-10,12-15H2,1H3/t17-/m0/s1. The number of likely N-dealkylation sites (tertiary alicyclic amines) is 1. The molecule has 0 spiro atoms. The Hall–Kier alpha value is -2.07. The smallest absolute Gasteiger partial charge is 0.270 e. The van der Waals surface area contributed by atoms with Gasteiger partial charge in [0.05, 0.1) is 0 Å². The molecule has 4 heteroatoms. The Morgan fingerprint density at radius 3 is 2.83 bits per heavy atom. The number of carbonyl (C=O) groups excluding carboxylic acids is 1. The quantitative estimate of drug-likeness (QED) is 0.889. The van der Waals surface area contributed by atoms with Gasteiger partial charge in [-0.05, 0) is 50.0 Å². The van der Waals surface area contributed by atoms with Crippen molar-refractivity contribution in [3.63, 3.8) is 0 Å². The van der Waals surface area contributed by atoms with E-state index in [9.17, 15) is 4.79 Å². The van der Waals surface area contributed by atoms with E-state index >= 15 is 0 Å². The molecule has 0 bridgehead atoms. The monoisotopic (exact) mass is 311 g/mol. The van der Waals surface area contributed by atoms with Crippen LogP contribution in [-0.2, 0) is 13.0 Å². The summed E-state index contributed by atoms with van der Waals surface area (Å²) in [6.07, 6.45) is 4.05. The predicted molar refractivity (Wildman–Crippen MR) is 92.5 cm³/mol. The molecule has 2 heterocycles. The molecule has 1 amide bonds. The van der Waals surface area contributed by atoms with Gasteiger partial charge in [-0.2, -0.15) is 0 Å². The number of nitrogens with zero attached hydrogens (tertiary/aromatic N) is 2. The van der Waals surface area contributed by atoms with Gasteiger partial charge in [-0.25, -0.2) is 0 Å². The largest absolute Gasteiger partial charge is 0.343 e. The molecule has 3 rings (SSSR count). The van der Waals surface area contributed by atoms with Crippen molar-refractivity contribution >= 4 is 5.91 Å². The zero-order valence-electron chi connectivity index (χ0n) is 13.7. The molecule has 0 unspecified atom stereocenters. The number of carbonyl (C=O) groups is 1. The molecule has 2 aromatic rings. The topological polar surface area (TPSA) is 37.3 Å². The molecule has 1 saturated heterocycles. The zero-order chi connectivity index (χ0) is 16.1. The molecular formula is C19H25N3O. The molecule has 0 saturated carbocycles. The Labute approximate surface area is 138 Å². The van der Waals surface area contributed by atoms with Gasteiger partial charge >= 0.3 is 0 Å². The lowest BCUT2D eigenvalue weighted by molar-refractivity contribution is 0.0776. The first kappa shape index (κ1) is 15.8. The summed E-state index contributed by atoms with van der Waals surface area (Å²) in [5.41, 5.74) is 2.11. The number of benzene rings is 1. The lowest BCUT2D eigenvalue weighted by atomic mass is 10.1. The van der Waals surface area contributed by atoms with Gasteiger partial charge in [0, 0.05) is 25.8 Å². The van der Waals surface area contributed by atoms with Crippen LogP contribution in [0.5, 0.6) is 0 Å². The van der Waals surface area contributed by atoms with Gasteiger partial charge in [-0.1, -0.05) is 30.3 Å². The van der Waals surface area contributed by atoms with Crippen LogP contribution in [0.3, 0.4) is 0 Å². The summed E-state index contributed by atoms with van der Waals surface area (Å²) in [5, 5.41) is 3.21. The first-order valence-corrected chi connectivity index (χ1v) is 8.41. The summed E-state index contributed by atoms with van der Waals surface area (Å²) in [4.78, 5) is 14.8. The molecule has 122 valence electrons. The number of hydrogen-bond acceptors (Lipinski definition) is 2. The van der Waals surface area contributed by atoms with Crippen LogP contribution >= 0.6 is 0 Å². The SMILES string of the molecule is CNC[C@@H]1CCN(C(=O)c2cccn2CCc2ccccc2)C1. The summed E-state index contributed by atoms with van der Waals surface area (Å²) in [6, 6.07) is 14.3. The normalized spacial score (nSPS) is 17.6. The minimum atomic E-state index is 0.168. The fourth-order valence-corrected chi connectivity index (χ4v) is 3.33. The highest BCUT2D eigenvalue weighted by Crippen LogP contribution is 2.18. The van der Waals surface area contributed by atoms with E-state index in [1.165, 1.54) is 5.56 Å². The average Bonchev–Trinajstić information content (AvgIpc) is 3.23. The average molecular weight is 311 g/mol.